The van der Waals surface area contributed by atoms with Crippen LogP contribution in [0.3, 0.4) is 0 Å². The molecule has 2 rings (SSSR count). The van der Waals surface area contributed by atoms with E-state index in [1.54, 1.807) is 19.4 Å². The Morgan fingerprint density at radius 1 is 1.27 bits per heavy atom. The Morgan fingerprint density at radius 3 is 2.65 bits per heavy atom. The number of aryl methyl sites for hydroxylation is 1. The summed E-state index contributed by atoms with van der Waals surface area (Å²) in [4.78, 5) is 8.65. The summed E-state index contributed by atoms with van der Waals surface area (Å²) in [6, 6.07) is 3.76. The average Bonchev–Trinajstić information content (AvgIpc) is 2.93. The van der Waals surface area contributed by atoms with Gasteiger partial charge in [-0.25, -0.2) is 9.98 Å². The molecule has 0 spiro atoms. The number of rotatable bonds is 8. The van der Waals surface area contributed by atoms with Crippen molar-refractivity contribution in [2.45, 2.75) is 19.9 Å². The number of hydrogen-bond donors (Lipinski definition) is 2. The van der Waals surface area contributed by atoms with Crippen LogP contribution in [0, 0.1) is 6.92 Å². The van der Waals surface area contributed by atoms with Crippen LogP contribution in [0.25, 0.3) is 0 Å². The third-order valence-electron chi connectivity index (χ3n) is 3.65. The molecule has 0 radical (unpaired) electrons. The molecular formula is C16H25ClIN7O. The van der Waals surface area contributed by atoms with E-state index in [0.717, 1.165) is 30.2 Å². The Balaban J connectivity index is 0.00000338. The molecular weight excluding hydrogens is 469 g/mol. The average molecular weight is 494 g/mol. The van der Waals surface area contributed by atoms with Crippen molar-refractivity contribution in [2.75, 3.05) is 26.8 Å². The lowest BCUT2D eigenvalue weighted by molar-refractivity contribution is 0.203. The number of nitrogens with zero attached hydrogens (tertiary/aromatic N) is 5. The molecule has 0 unspecified atom stereocenters. The number of pyridine rings is 1. The molecule has 0 fully saturated rings. The molecule has 2 heterocycles. The Bertz CT molecular complexity index is 690. The van der Waals surface area contributed by atoms with Crippen LogP contribution >= 0.6 is 35.6 Å². The predicted molar refractivity (Wildman–Crippen MR) is 113 cm³/mol. The van der Waals surface area contributed by atoms with Gasteiger partial charge < -0.3 is 19.9 Å². The van der Waals surface area contributed by atoms with Gasteiger partial charge in [0.15, 0.2) is 11.8 Å². The molecule has 2 aromatic heterocycles. The molecule has 8 nitrogen and oxygen atoms in total. The Kier molecular flexibility index (Phi) is 10.4. The van der Waals surface area contributed by atoms with Crippen molar-refractivity contribution in [3.05, 3.63) is 40.7 Å². The first kappa shape index (κ1) is 22.6. The summed E-state index contributed by atoms with van der Waals surface area (Å²) in [5.74, 6) is 2.38. The first-order chi connectivity index (χ1) is 12.1. The third kappa shape index (κ3) is 7.42. The van der Waals surface area contributed by atoms with Crippen LogP contribution in [0.15, 0.2) is 23.3 Å². The maximum absolute atomic E-state index is 5.80. The van der Waals surface area contributed by atoms with Crippen molar-refractivity contribution >= 4 is 41.5 Å². The minimum absolute atomic E-state index is 0. The van der Waals surface area contributed by atoms with Crippen LogP contribution in [0.5, 0.6) is 0 Å². The summed E-state index contributed by atoms with van der Waals surface area (Å²) >= 11 is 5.80. The minimum Gasteiger partial charge on any atom is -0.383 e. The van der Waals surface area contributed by atoms with Crippen molar-refractivity contribution in [2.24, 2.45) is 12.0 Å². The summed E-state index contributed by atoms with van der Waals surface area (Å²) in [6.07, 6.45) is 2.60. The van der Waals surface area contributed by atoms with Gasteiger partial charge in [-0.15, -0.1) is 34.2 Å². The molecule has 0 amide bonds. The van der Waals surface area contributed by atoms with Crippen LogP contribution in [-0.2, 0) is 24.8 Å². The van der Waals surface area contributed by atoms with Gasteiger partial charge in [0.25, 0.3) is 0 Å². The van der Waals surface area contributed by atoms with Crippen LogP contribution in [0.4, 0.5) is 0 Å². The monoisotopic (exact) mass is 493 g/mol. The van der Waals surface area contributed by atoms with Crippen molar-refractivity contribution < 1.29 is 4.74 Å². The fourth-order valence-corrected chi connectivity index (χ4v) is 2.18. The van der Waals surface area contributed by atoms with E-state index >= 15 is 0 Å². The summed E-state index contributed by atoms with van der Waals surface area (Å²) in [5.41, 5.74) is 1.11. The number of hydrogen-bond acceptors (Lipinski definition) is 5. The predicted octanol–water partition coefficient (Wildman–Crippen LogP) is 1.71. The standard InChI is InChI=1S/C16H24ClN7O.HI/c1-12-22-23-15(24(12)2)11-21-16(19-8-9-25-3)18-7-6-13-4-5-14(17)20-10-13;/h4-5,10H,6-9,11H2,1-3H3,(H2,18,19,21);1H. The molecule has 0 aliphatic carbocycles. The van der Waals surface area contributed by atoms with E-state index < -0.39 is 0 Å². The third-order valence-corrected chi connectivity index (χ3v) is 3.88. The second-order valence-corrected chi connectivity index (χ2v) is 5.86. The highest BCUT2D eigenvalue weighted by molar-refractivity contribution is 14.0. The lowest BCUT2D eigenvalue weighted by atomic mass is 10.2. The van der Waals surface area contributed by atoms with E-state index in [1.165, 1.54) is 0 Å². The zero-order valence-electron chi connectivity index (χ0n) is 15.2. The second-order valence-electron chi connectivity index (χ2n) is 5.47. The summed E-state index contributed by atoms with van der Waals surface area (Å²) < 4.78 is 7.00. The maximum atomic E-state index is 5.80. The highest BCUT2D eigenvalue weighted by Crippen LogP contribution is 2.05. The van der Waals surface area contributed by atoms with Crippen LogP contribution in [0.1, 0.15) is 17.2 Å². The van der Waals surface area contributed by atoms with E-state index in [2.05, 4.69) is 30.8 Å². The van der Waals surface area contributed by atoms with Gasteiger partial charge in [-0.2, -0.15) is 0 Å². The van der Waals surface area contributed by atoms with Crippen LogP contribution in [-0.4, -0.2) is 52.5 Å². The normalized spacial score (nSPS) is 11.2. The Morgan fingerprint density at radius 2 is 2.04 bits per heavy atom. The quantitative estimate of drug-likeness (QED) is 0.191. The van der Waals surface area contributed by atoms with Gasteiger partial charge in [-0.05, 0) is 25.0 Å². The van der Waals surface area contributed by atoms with E-state index in [0.29, 0.717) is 30.8 Å². The number of aliphatic imine (C=N–C) groups is 1. The lowest BCUT2D eigenvalue weighted by Crippen LogP contribution is -2.40. The second kappa shape index (κ2) is 12.0. The SMILES string of the molecule is COCCNC(=NCc1nnc(C)n1C)NCCc1ccc(Cl)nc1.I. The molecule has 0 atom stereocenters. The fourth-order valence-electron chi connectivity index (χ4n) is 2.06. The molecule has 0 bridgehead atoms. The van der Waals surface area contributed by atoms with Gasteiger partial charge >= 0.3 is 0 Å². The number of ether oxygens (including phenoxy) is 1. The number of halogens is 2. The Hall–Kier alpha value is -1.46. The van der Waals surface area contributed by atoms with E-state index in [4.69, 9.17) is 16.3 Å². The van der Waals surface area contributed by atoms with Gasteiger partial charge in [0.2, 0.25) is 0 Å². The van der Waals surface area contributed by atoms with E-state index in [-0.39, 0.29) is 24.0 Å². The molecule has 0 saturated heterocycles. The molecule has 0 aliphatic heterocycles. The van der Waals surface area contributed by atoms with E-state index in [9.17, 15) is 0 Å². The lowest BCUT2D eigenvalue weighted by Gasteiger charge is -2.12. The summed E-state index contributed by atoms with van der Waals surface area (Å²) in [6.45, 7) is 4.35. The highest BCUT2D eigenvalue weighted by Gasteiger charge is 2.05. The van der Waals surface area contributed by atoms with Crippen molar-refractivity contribution in [1.29, 1.82) is 0 Å². The van der Waals surface area contributed by atoms with Crippen molar-refractivity contribution in [1.82, 2.24) is 30.4 Å². The minimum atomic E-state index is 0. The number of nitrogens with one attached hydrogen (secondary N) is 2. The number of guanidine groups is 1. The van der Waals surface area contributed by atoms with Gasteiger partial charge in [-0.1, -0.05) is 17.7 Å². The number of methoxy groups -OCH3 is 1. The zero-order chi connectivity index (χ0) is 18.1. The first-order valence-electron chi connectivity index (χ1n) is 8.06. The zero-order valence-corrected chi connectivity index (χ0v) is 18.3. The molecule has 0 aliphatic rings. The molecule has 2 N–H and O–H groups in total. The van der Waals surface area contributed by atoms with Crippen LogP contribution < -0.4 is 10.6 Å². The topological polar surface area (TPSA) is 89.2 Å². The molecule has 0 aromatic carbocycles. The first-order valence-corrected chi connectivity index (χ1v) is 8.44. The van der Waals surface area contributed by atoms with Gasteiger partial charge in [0.05, 0.1) is 6.61 Å². The van der Waals surface area contributed by atoms with Crippen LogP contribution in [0.2, 0.25) is 5.15 Å². The molecule has 144 valence electrons. The van der Waals surface area contributed by atoms with Gasteiger partial charge in [-0.3, -0.25) is 0 Å². The fraction of sp³-hybridized carbons (Fsp3) is 0.500. The highest BCUT2D eigenvalue weighted by atomic mass is 127. The summed E-state index contributed by atoms with van der Waals surface area (Å²) in [5, 5.41) is 15.2. The van der Waals surface area contributed by atoms with Crippen molar-refractivity contribution in [3.8, 4) is 0 Å². The maximum Gasteiger partial charge on any atom is 0.191 e. The van der Waals surface area contributed by atoms with Gasteiger partial charge in [0.1, 0.15) is 17.5 Å². The summed E-state index contributed by atoms with van der Waals surface area (Å²) in [7, 11) is 3.60. The van der Waals surface area contributed by atoms with E-state index in [1.807, 2.05) is 24.6 Å². The largest absolute Gasteiger partial charge is 0.383 e. The number of aromatic nitrogens is 4. The molecule has 2 aromatic rings. The molecule has 10 heteroatoms. The smallest absolute Gasteiger partial charge is 0.191 e. The Labute approximate surface area is 175 Å². The molecule has 26 heavy (non-hydrogen) atoms. The van der Waals surface area contributed by atoms with Crippen molar-refractivity contribution in [3.63, 3.8) is 0 Å². The van der Waals surface area contributed by atoms with Gasteiger partial charge in [0, 0.05) is 33.4 Å². The molecule has 0 saturated carbocycles.